The molecule has 2 heteroatoms. The molecule has 70 valence electrons. The average Bonchev–Trinajstić information content (AvgIpc) is 2.13. The number of hydrogen-bond acceptors (Lipinski definition) is 0. The maximum atomic E-state index is 2.45. The van der Waals surface area contributed by atoms with Crippen LogP contribution in [-0.2, 0) is 6.42 Å². The lowest BCUT2D eigenvalue weighted by atomic mass is 9.75. The summed E-state index contributed by atoms with van der Waals surface area (Å²) in [6.07, 6.45) is 2.54. The van der Waals surface area contributed by atoms with Crippen LogP contribution in [0.3, 0.4) is 0 Å². The van der Waals surface area contributed by atoms with E-state index in [1.165, 1.54) is 40.3 Å². The minimum Gasteiger partial charge on any atom is -0.0893 e. The minimum absolute atomic E-state index is 1.23. The van der Waals surface area contributed by atoms with Crippen LogP contribution in [0.25, 0.3) is 0 Å². The Bertz CT molecular complexity index is 294. The molecular formula is C11H16BI. The Morgan fingerprint density at radius 2 is 2.00 bits per heavy atom. The van der Waals surface area contributed by atoms with Gasteiger partial charge in [-0.2, -0.15) is 0 Å². The molecule has 0 saturated heterocycles. The van der Waals surface area contributed by atoms with Crippen LogP contribution in [0.15, 0.2) is 12.1 Å². The number of rotatable bonds is 3. The molecule has 0 N–H and O–H groups in total. The standard InChI is InChI=1S/C11H16BI/c1-8-4-5-10(6-7-12-3)9(2)11(8)13/h4-5,12H,6-7H2,1-3H3. The summed E-state index contributed by atoms with van der Waals surface area (Å²) in [4.78, 5) is 0. The van der Waals surface area contributed by atoms with E-state index in [1.807, 2.05) is 0 Å². The van der Waals surface area contributed by atoms with Gasteiger partial charge in [0.25, 0.3) is 0 Å². The van der Waals surface area contributed by atoms with Gasteiger partial charge in [0, 0.05) is 3.57 Å². The fourth-order valence-corrected chi connectivity index (χ4v) is 2.02. The summed E-state index contributed by atoms with van der Waals surface area (Å²) in [6, 6.07) is 4.52. The Labute approximate surface area is 95.5 Å². The highest BCUT2D eigenvalue weighted by atomic mass is 127. The van der Waals surface area contributed by atoms with Crippen LogP contribution in [-0.4, -0.2) is 7.28 Å². The van der Waals surface area contributed by atoms with E-state index in [1.54, 1.807) is 0 Å². The van der Waals surface area contributed by atoms with E-state index in [2.05, 4.69) is 55.4 Å². The van der Waals surface area contributed by atoms with Crippen molar-refractivity contribution in [3.05, 3.63) is 32.4 Å². The molecular weight excluding hydrogens is 270 g/mol. The molecule has 0 nitrogen and oxygen atoms in total. The SMILES string of the molecule is CBCCc1ccc(C)c(I)c1C. The van der Waals surface area contributed by atoms with Crippen molar-refractivity contribution in [2.24, 2.45) is 0 Å². The van der Waals surface area contributed by atoms with Crippen LogP contribution in [0.5, 0.6) is 0 Å². The quantitative estimate of drug-likeness (QED) is 0.590. The van der Waals surface area contributed by atoms with Crippen LogP contribution in [0.1, 0.15) is 16.7 Å². The summed E-state index contributed by atoms with van der Waals surface area (Å²) in [5.41, 5.74) is 4.41. The van der Waals surface area contributed by atoms with Crippen LogP contribution in [0.4, 0.5) is 0 Å². The summed E-state index contributed by atoms with van der Waals surface area (Å²) < 4.78 is 1.44. The second kappa shape index (κ2) is 5.04. The highest BCUT2D eigenvalue weighted by Crippen LogP contribution is 2.21. The third-order valence-corrected chi connectivity index (χ3v) is 4.15. The molecule has 13 heavy (non-hydrogen) atoms. The monoisotopic (exact) mass is 286 g/mol. The highest BCUT2D eigenvalue weighted by molar-refractivity contribution is 14.1. The molecule has 1 rings (SSSR count). The molecule has 0 radical (unpaired) electrons. The zero-order chi connectivity index (χ0) is 9.84. The number of benzene rings is 1. The van der Waals surface area contributed by atoms with Gasteiger partial charge in [-0.15, -0.1) is 0 Å². The average molecular weight is 286 g/mol. The highest BCUT2D eigenvalue weighted by Gasteiger charge is 2.03. The van der Waals surface area contributed by atoms with Gasteiger partial charge in [-0.1, -0.05) is 25.3 Å². The van der Waals surface area contributed by atoms with Crippen molar-refractivity contribution in [3.63, 3.8) is 0 Å². The summed E-state index contributed by atoms with van der Waals surface area (Å²) >= 11 is 2.45. The lowest BCUT2D eigenvalue weighted by molar-refractivity contribution is 1.08. The first-order valence-corrected chi connectivity index (χ1v) is 5.99. The predicted molar refractivity (Wildman–Crippen MR) is 70.2 cm³/mol. The van der Waals surface area contributed by atoms with Gasteiger partial charge < -0.3 is 0 Å². The molecule has 0 spiro atoms. The molecule has 0 aromatic heterocycles. The van der Waals surface area contributed by atoms with Gasteiger partial charge in [-0.05, 0) is 59.5 Å². The summed E-state index contributed by atoms with van der Waals surface area (Å²) in [7, 11) is 1.28. The molecule has 0 fully saturated rings. The summed E-state index contributed by atoms with van der Waals surface area (Å²) in [5, 5.41) is 0. The lowest BCUT2D eigenvalue weighted by Crippen LogP contribution is -1.96. The van der Waals surface area contributed by atoms with Crippen molar-refractivity contribution in [2.45, 2.75) is 33.4 Å². The van der Waals surface area contributed by atoms with E-state index in [4.69, 9.17) is 0 Å². The predicted octanol–water partition coefficient (Wildman–Crippen LogP) is 3.35. The Morgan fingerprint density at radius 1 is 1.31 bits per heavy atom. The van der Waals surface area contributed by atoms with E-state index in [0.29, 0.717) is 0 Å². The van der Waals surface area contributed by atoms with E-state index in [-0.39, 0.29) is 0 Å². The zero-order valence-corrected chi connectivity index (χ0v) is 10.8. The normalized spacial score (nSPS) is 10.2. The first kappa shape index (κ1) is 11.1. The van der Waals surface area contributed by atoms with Crippen molar-refractivity contribution in [1.29, 1.82) is 0 Å². The van der Waals surface area contributed by atoms with E-state index < -0.39 is 0 Å². The fourth-order valence-electron chi connectivity index (χ4n) is 1.50. The van der Waals surface area contributed by atoms with Gasteiger partial charge in [0.15, 0.2) is 0 Å². The molecule has 0 aliphatic carbocycles. The molecule has 0 aliphatic rings. The molecule has 0 heterocycles. The van der Waals surface area contributed by atoms with Crippen LogP contribution in [0.2, 0.25) is 13.1 Å². The largest absolute Gasteiger partial charge is 0.117 e. The maximum Gasteiger partial charge on any atom is 0.117 e. The second-order valence-corrected chi connectivity index (χ2v) is 4.66. The topological polar surface area (TPSA) is 0 Å². The van der Waals surface area contributed by atoms with Gasteiger partial charge in [-0.3, -0.25) is 0 Å². The van der Waals surface area contributed by atoms with Gasteiger partial charge in [0.2, 0.25) is 0 Å². The Hall–Kier alpha value is 0.0149. The van der Waals surface area contributed by atoms with Crippen LogP contribution in [0, 0.1) is 17.4 Å². The maximum absolute atomic E-state index is 2.45. The molecule has 0 atom stereocenters. The number of hydrogen-bond donors (Lipinski definition) is 0. The van der Waals surface area contributed by atoms with E-state index >= 15 is 0 Å². The van der Waals surface area contributed by atoms with Crippen molar-refractivity contribution in [2.75, 3.05) is 0 Å². The van der Waals surface area contributed by atoms with E-state index in [9.17, 15) is 0 Å². The van der Waals surface area contributed by atoms with E-state index in [0.717, 1.165) is 0 Å². The third-order valence-electron chi connectivity index (χ3n) is 2.49. The van der Waals surface area contributed by atoms with Gasteiger partial charge in [0.1, 0.15) is 7.28 Å². The smallest absolute Gasteiger partial charge is 0.0893 e. The Balaban J connectivity index is 2.90. The van der Waals surface area contributed by atoms with Crippen molar-refractivity contribution in [3.8, 4) is 0 Å². The minimum atomic E-state index is 1.23. The molecule has 0 aliphatic heterocycles. The van der Waals surface area contributed by atoms with Crippen molar-refractivity contribution in [1.82, 2.24) is 0 Å². The molecule has 1 aromatic rings. The first-order chi connectivity index (χ1) is 6.16. The van der Waals surface area contributed by atoms with Gasteiger partial charge in [0.05, 0.1) is 0 Å². The molecule has 0 amide bonds. The Morgan fingerprint density at radius 3 is 2.62 bits per heavy atom. The van der Waals surface area contributed by atoms with Crippen LogP contribution >= 0.6 is 22.6 Å². The van der Waals surface area contributed by atoms with Crippen molar-refractivity contribution < 1.29 is 0 Å². The molecule has 1 aromatic carbocycles. The second-order valence-electron chi connectivity index (χ2n) is 3.58. The molecule has 0 saturated carbocycles. The summed E-state index contributed by atoms with van der Waals surface area (Å²) in [5.74, 6) is 0. The number of aryl methyl sites for hydroxylation is 2. The molecule has 0 bridgehead atoms. The third kappa shape index (κ3) is 2.73. The van der Waals surface area contributed by atoms with Crippen molar-refractivity contribution >= 4 is 29.9 Å². The Kier molecular flexibility index (Phi) is 4.30. The number of halogens is 1. The first-order valence-electron chi connectivity index (χ1n) is 4.91. The van der Waals surface area contributed by atoms with Gasteiger partial charge >= 0.3 is 0 Å². The zero-order valence-electron chi connectivity index (χ0n) is 8.65. The van der Waals surface area contributed by atoms with Gasteiger partial charge in [-0.25, -0.2) is 0 Å². The summed E-state index contributed by atoms with van der Waals surface area (Å²) in [6.45, 7) is 6.66. The fraction of sp³-hybridized carbons (Fsp3) is 0.455. The van der Waals surface area contributed by atoms with Crippen LogP contribution < -0.4 is 0 Å². The molecule has 0 unspecified atom stereocenters. The lowest BCUT2D eigenvalue weighted by Gasteiger charge is -2.09.